The van der Waals surface area contributed by atoms with Crippen molar-refractivity contribution in [1.82, 2.24) is 0 Å². The minimum absolute atomic E-state index is 0.115. The number of carbonyl (C=O) groups is 1. The molecule has 0 aromatic carbocycles. The highest BCUT2D eigenvalue weighted by atomic mass is 16.5. The lowest BCUT2D eigenvalue weighted by Gasteiger charge is -2.18. The van der Waals surface area contributed by atoms with E-state index in [2.05, 4.69) is 26.5 Å². The number of rotatable bonds is 7. The van der Waals surface area contributed by atoms with Gasteiger partial charge in [0.05, 0.1) is 6.61 Å². The molecule has 86 valence electrons. The number of hydrogen-bond donors (Lipinski definition) is 0. The number of allylic oxidation sites excluding steroid dienone is 3. The first-order valence-corrected chi connectivity index (χ1v) is 5.55. The Morgan fingerprint density at radius 1 is 1.40 bits per heavy atom. The summed E-state index contributed by atoms with van der Waals surface area (Å²) >= 11 is 0. The molecule has 15 heavy (non-hydrogen) atoms. The van der Waals surface area contributed by atoms with Gasteiger partial charge in [0, 0.05) is 6.42 Å². The number of carbonyl (C=O) groups excluding carboxylic acids is 1. The monoisotopic (exact) mass is 210 g/mol. The van der Waals surface area contributed by atoms with Crippen LogP contribution >= 0.6 is 0 Å². The minimum atomic E-state index is -0.115. The van der Waals surface area contributed by atoms with Gasteiger partial charge in [0.1, 0.15) is 0 Å². The van der Waals surface area contributed by atoms with Crippen molar-refractivity contribution in [3.8, 4) is 0 Å². The van der Waals surface area contributed by atoms with Crippen LogP contribution in [-0.4, -0.2) is 12.6 Å². The molecule has 0 saturated heterocycles. The molecule has 0 amide bonds. The van der Waals surface area contributed by atoms with Gasteiger partial charge in [-0.25, -0.2) is 0 Å². The van der Waals surface area contributed by atoms with Crippen LogP contribution in [0.4, 0.5) is 0 Å². The quantitative estimate of drug-likeness (QED) is 0.476. The summed E-state index contributed by atoms with van der Waals surface area (Å²) in [4.78, 5) is 10.9. The Balaban J connectivity index is 3.77. The fourth-order valence-electron chi connectivity index (χ4n) is 1.11. The first-order chi connectivity index (χ1) is 7.11. The van der Waals surface area contributed by atoms with Crippen molar-refractivity contribution in [2.75, 3.05) is 6.61 Å². The molecule has 0 heterocycles. The molecule has 0 aromatic rings. The summed E-state index contributed by atoms with van der Waals surface area (Å²) < 4.78 is 5.10. The van der Waals surface area contributed by atoms with Crippen LogP contribution in [-0.2, 0) is 9.53 Å². The molecular weight excluding hydrogens is 188 g/mol. The number of hydrogen-bond acceptors (Lipinski definition) is 2. The number of ether oxygens (including phenoxy) is 1. The van der Waals surface area contributed by atoms with E-state index in [4.69, 9.17) is 4.74 Å². The molecule has 2 nitrogen and oxygen atoms in total. The molecular formula is C13H22O2. The molecule has 0 aliphatic rings. The maximum atomic E-state index is 10.9. The van der Waals surface area contributed by atoms with Crippen molar-refractivity contribution in [3.05, 3.63) is 24.8 Å². The lowest BCUT2D eigenvalue weighted by molar-refractivity contribution is -0.144. The van der Waals surface area contributed by atoms with Crippen LogP contribution in [0.2, 0.25) is 0 Å². The van der Waals surface area contributed by atoms with E-state index in [0.717, 1.165) is 6.42 Å². The Kier molecular flexibility index (Phi) is 7.69. The number of esters is 1. The highest BCUT2D eigenvalue weighted by molar-refractivity contribution is 5.68. The molecule has 0 spiro atoms. The third kappa shape index (κ3) is 6.95. The second-order valence-electron chi connectivity index (χ2n) is 3.89. The molecule has 0 aliphatic heterocycles. The fraction of sp³-hybridized carbons (Fsp3) is 0.615. The lowest BCUT2D eigenvalue weighted by atomic mass is 9.93. The summed E-state index contributed by atoms with van der Waals surface area (Å²) in [5.41, 5.74) is 0. The summed E-state index contributed by atoms with van der Waals surface area (Å²) in [5, 5.41) is 0. The van der Waals surface area contributed by atoms with Crippen molar-refractivity contribution < 1.29 is 9.53 Å². The SMILES string of the molecule is C=C/C=C/CC(C)C(C)COC(=O)CC. The molecule has 0 saturated carbocycles. The predicted molar refractivity (Wildman–Crippen MR) is 63.5 cm³/mol. The van der Waals surface area contributed by atoms with Crippen molar-refractivity contribution in [2.45, 2.75) is 33.6 Å². The van der Waals surface area contributed by atoms with Gasteiger partial charge in [0.2, 0.25) is 0 Å². The summed E-state index contributed by atoms with van der Waals surface area (Å²) in [6.45, 7) is 10.2. The molecule has 2 atom stereocenters. The van der Waals surface area contributed by atoms with Crippen LogP contribution in [0, 0.1) is 11.8 Å². The van der Waals surface area contributed by atoms with E-state index in [1.54, 1.807) is 6.08 Å². The first kappa shape index (κ1) is 13.9. The van der Waals surface area contributed by atoms with Crippen molar-refractivity contribution in [1.29, 1.82) is 0 Å². The Labute approximate surface area is 93.0 Å². The van der Waals surface area contributed by atoms with Crippen LogP contribution in [0.3, 0.4) is 0 Å². The van der Waals surface area contributed by atoms with Gasteiger partial charge < -0.3 is 4.74 Å². The average Bonchev–Trinajstić information content (AvgIpc) is 2.25. The standard InChI is InChI=1S/C13H22O2/c1-5-7-8-9-11(3)12(4)10-15-13(14)6-2/h5,7-8,11-12H,1,6,9-10H2,2-4H3/b8-7+. The maximum absolute atomic E-state index is 10.9. The first-order valence-electron chi connectivity index (χ1n) is 5.55. The zero-order valence-electron chi connectivity index (χ0n) is 10.0. The van der Waals surface area contributed by atoms with Gasteiger partial charge in [-0.05, 0) is 18.3 Å². The van der Waals surface area contributed by atoms with Gasteiger partial charge in [0.15, 0.2) is 0 Å². The van der Waals surface area contributed by atoms with Gasteiger partial charge >= 0.3 is 5.97 Å². The maximum Gasteiger partial charge on any atom is 0.305 e. The van der Waals surface area contributed by atoms with Crippen LogP contribution in [0.15, 0.2) is 24.8 Å². The van der Waals surface area contributed by atoms with Gasteiger partial charge in [-0.1, -0.05) is 45.6 Å². The summed E-state index contributed by atoms with van der Waals surface area (Å²) in [7, 11) is 0. The molecule has 2 heteroatoms. The fourth-order valence-corrected chi connectivity index (χ4v) is 1.11. The van der Waals surface area contributed by atoms with Crippen molar-refractivity contribution in [3.63, 3.8) is 0 Å². The van der Waals surface area contributed by atoms with Gasteiger partial charge in [-0.15, -0.1) is 0 Å². The largest absolute Gasteiger partial charge is 0.465 e. The second-order valence-corrected chi connectivity index (χ2v) is 3.89. The third-order valence-corrected chi connectivity index (χ3v) is 2.55. The third-order valence-electron chi connectivity index (χ3n) is 2.55. The lowest BCUT2D eigenvalue weighted by Crippen LogP contribution is -2.16. The molecule has 2 unspecified atom stereocenters. The highest BCUT2D eigenvalue weighted by Crippen LogP contribution is 2.16. The molecule has 0 radical (unpaired) electrons. The molecule has 0 aromatic heterocycles. The van der Waals surface area contributed by atoms with E-state index >= 15 is 0 Å². The van der Waals surface area contributed by atoms with Crippen molar-refractivity contribution in [2.24, 2.45) is 11.8 Å². The Bertz CT molecular complexity index is 219. The van der Waals surface area contributed by atoms with Crippen molar-refractivity contribution >= 4 is 5.97 Å². The summed E-state index contributed by atoms with van der Waals surface area (Å²) in [6.07, 6.45) is 7.26. The Morgan fingerprint density at radius 3 is 2.60 bits per heavy atom. The minimum Gasteiger partial charge on any atom is -0.465 e. The molecule has 0 aliphatic carbocycles. The normalized spacial score (nSPS) is 14.9. The smallest absolute Gasteiger partial charge is 0.305 e. The predicted octanol–water partition coefficient (Wildman–Crippen LogP) is 3.34. The zero-order chi connectivity index (χ0) is 11.7. The van der Waals surface area contributed by atoms with Gasteiger partial charge in [0.25, 0.3) is 0 Å². The van der Waals surface area contributed by atoms with E-state index < -0.39 is 0 Å². The molecule has 0 bridgehead atoms. The van der Waals surface area contributed by atoms with Crippen LogP contribution in [0.5, 0.6) is 0 Å². The molecule has 0 fully saturated rings. The second kappa shape index (κ2) is 8.27. The average molecular weight is 210 g/mol. The summed E-state index contributed by atoms with van der Waals surface area (Å²) in [6, 6.07) is 0. The van der Waals surface area contributed by atoms with Crippen LogP contribution in [0.1, 0.15) is 33.6 Å². The zero-order valence-corrected chi connectivity index (χ0v) is 10.0. The van der Waals surface area contributed by atoms with E-state index in [1.807, 2.05) is 13.0 Å². The summed E-state index contributed by atoms with van der Waals surface area (Å²) in [5.74, 6) is 0.802. The van der Waals surface area contributed by atoms with Gasteiger partial charge in [-0.3, -0.25) is 4.79 Å². The highest BCUT2D eigenvalue weighted by Gasteiger charge is 2.12. The topological polar surface area (TPSA) is 26.3 Å². The Hall–Kier alpha value is -1.05. The molecule has 0 N–H and O–H groups in total. The van der Waals surface area contributed by atoms with Gasteiger partial charge in [-0.2, -0.15) is 0 Å². The van der Waals surface area contributed by atoms with E-state index in [-0.39, 0.29) is 5.97 Å². The Morgan fingerprint density at radius 2 is 2.07 bits per heavy atom. The van der Waals surface area contributed by atoms with E-state index in [1.165, 1.54) is 0 Å². The van der Waals surface area contributed by atoms with Crippen LogP contribution < -0.4 is 0 Å². The van der Waals surface area contributed by atoms with E-state index in [9.17, 15) is 4.79 Å². The molecule has 0 rings (SSSR count). The van der Waals surface area contributed by atoms with E-state index in [0.29, 0.717) is 24.9 Å². The van der Waals surface area contributed by atoms with Crippen LogP contribution in [0.25, 0.3) is 0 Å².